The summed E-state index contributed by atoms with van der Waals surface area (Å²) >= 11 is 0. The van der Waals surface area contributed by atoms with Crippen molar-refractivity contribution in [2.24, 2.45) is 0 Å². The third-order valence-electron chi connectivity index (χ3n) is 4.64. The molecule has 7 heteroatoms. The highest BCUT2D eigenvalue weighted by Crippen LogP contribution is 2.15. The average molecular weight is 413 g/mol. The van der Waals surface area contributed by atoms with Crippen molar-refractivity contribution < 1.29 is 14.3 Å². The summed E-state index contributed by atoms with van der Waals surface area (Å²) in [5, 5.41) is 2.55. The Hall–Kier alpha value is -4.26. The number of nitrogens with one attached hydrogen (secondary N) is 1. The minimum absolute atomic E-state index is 0.0971. The standard InChI is InChI=1S/C24H19N3O4/c28-19(18-11-5-2-6-12-18)15-25-23(29)21-22(31-16-17-9-3-1-4-10-17)24(30)27-14-8-7-13-20(27)26-21/h1-14H,15-16H2,(H,25,29). The zero-order valence-corrected chi connectivity index (χ0v) is 16.5. The molecule has 0 atom stereocenters. The molecule has 0 aliphatic heterocycles. The van der Waals surface area contributed by atoms with Crippen LogP contribution < -0.4 is 15.6 Å². The third kappa shape index (κ3) is 4.51. The summed E-state index contributed by atoms with van der Waals surface area (Å²) < 4.78 is 7.04. The Morgan fingerprint density at radius 3 is 2.32 bits per heavy atom. The van der Waals surface area contributed by atoms with Gasteiger partial charge in [-0.15, -0.1) is 0 Å². The van der Waals surface area contributed by atoms with Crippen LogP contribution in [-0.4, -0.2) is 27.6 Å². The fourth-order valence-corrected chi connectivity index (χ4v) is 3.06. The summed E-state index contributed by atoms with van der Waals surface area (Å²) in [6, 6.07) is 22.9. The first kappa shape index (κ1) is 20.0. The van der Waals surface area contributed by atoms with Crippen molar-refractivity contribution in [2.45, 2.75) is 6.61 Å². The van der Waals surface area contributed by atoms with E-state index in [1.165, 1.54) is 4.40 Å². The summed E-state index contributed by atoms with van der Waals surface area (Å²) in [5.41, 5.74) is 0.966. The van der Waals surface area contributed by atoms with E-state index in [1.54, 1.807) is 54.7 Å². The number of benzene rings is 2. The zero-order chi connectivity index (χ0) is 21.6. The van der Waals surface area contributed by atoms with Crippen LogP contribution in [0.1, 0.15) is 26.4 Å². The molecule has 4 rings (SSSR count). The van der Waals surface area contributed by atoms with E-state index in [1.807, 2.05) is 30.3 Å². The first-order valence-corrected chi connectivity index (χ1v) is 9.68. The number of rotatable bonds is 7. The third-order valence-corrected chi connectivity index (χ3v) is 4.64. The molecule has 1 amide bonds. The number of hydrogen-bond acceptors (Lipinski definition) is 5. The van der Waals surface area contributed by atoms with Crippen molar-refractivity contribution in [3.63, 3.8) is 0 Å². The second-order valence-electron chi connectivity index (χ2n) is 6.77. The minimum Gasteiger partial charge on any atom is -0.481 e. The van der Waals surface area contributed by atoms with Gasteiger partial charge in [-0.3, -0.25) is 18.8 Å². The lowest BCUT2D eigenvalue weighted by Gasteiger charge is -2.12. The molecule has 2 aromatic carbocycles. The van der Waals surface area contributed by atoms with E-state index >= 15 is 0 Å². The van der Waals surface area contributed by atoms with Crippen LogP contribution >= 0.6 is 0 Å². The second-order valence-corrected chi connectivity index (χ2v) is 6.77. The number of ketones is 1. The minimum atomic E-state index is -0.657. The van der Waals surface area contributed by atoms with Gasteiger partial charge in [0.2, 0.25) is 5.75 Å². The number of amides is 1. The average Bonchev–Trinajstić information content (AvgIpc) is 2.83. The van der Waals surface area contributed by atoms with Gasteiger partial charge in [-0.2, -0.15) is 0 Å². The molecule has 0 fully saturated rings. The van der Waals surface area contributed by atoms with Crippen LogP contribution in [0.2, 0.25) is 0 Å². The maximum Gasteiger partial charge on any atom is 0.301 e. The van der Waals surface area contributed by atoms with Gasteiger partial charge in [-0.05, 0) is 17.7 Å². The molecule has 4 aromatic rings. The number of pyridine rings is 1. The normalized spacial score (nSPS) is 10.6. The Kier molecular flexibility index (Phi) is 5.84. The van der Waals surface area contributed by atoms with Gasteiger partial charge in [-0.25, -0.2) is 4.98 Å². The Morgan fingerprint density at radius 2 is 1.58 bits per heavy atom. The molecule has 154 valence electrons. The molecule has 0 saturated heterocycles. The van der Waals surface area contributed by atoms with Crippen molar-refractivity contribution in [3.05, 3.63) is 112 Å². The number of hydrogen-bond donors (Lipinski definition) is 1. The van der Waals surface area contributed by atoms with Crippen molar-refractivity contribution in [2.75, 3.05) is 6.54 Å². The molecule has 2 heterocycles. The maximum atomic E-state index is 13.0. The number of nitrogens with zero attached hydrogens (tertiary/aromatic N) is 2. The number of carbonyl (C=O) groups excluding carboxylic acids is 2. The van der Waals surface area contributed by atoms with Gasteiger partial charge in [-0.1, -0.05) is 66.7 Å². The number of aromatic nitrogens is 2. The summed E-state index contributed by atoms with van der Waals surface area (Å²) in [4.78, 5) is 42.5. The maximum absolute atomic E-state index is 13.0. The van der Waals surface area contributed by atoms with E-state index in [0.717, 1.165) is 5.56 Å². The number of Topliss-reactive ketones (excluding diaryl/α,β-unsaturated/α-hetero) is 1. The quantitative estimate of drug-likeness (QED) is 0.471. The van der Waals surface area contributed by atoms with Gasteiger partial charge in [0.25, 0.3) is 5.91 Å². The highest BCUT2D eigenvalue weighted by molar-refractivity contribution is 6.02. The van der Waals surface area contributed by atoms with Crippen molar-refractivity contribution in [1.82, 2.24) is 14.7 Å². The van der Waals surface area contributed by atoms with Crippen molar-refractivity contribution >= 4 is 17.3 Å². The molecule has 0 bridgehead atoms. The first-order valence-electron chi connectivity index (χ1n) is 9.68. The summed E-state index contributed by atoms with van der Waals surface area (Å²) in [7, 11) is 0. The van der Waals surface area contributed by atoms with E-state index in [2.05, 4.69) is 10.3 Å². The van der Waals surface area contributed by atoms with Gasteiger partial charge in [0.05, 0.1) is 6.54 Å². The zero-order valence-electron chi connectivity index (χ0n) is 16.5. The van der Waals surface area contributed by atoms with E-state index in [9.17, 15) is 14.4 Å². The van der Waals surface area contributed by atoms with Crippen LogP contribution in [0, 0.1) is 0 Å². The molecule has 31 heavy (non-hydrogen) atoms. The Labute approximate surface area is 178 Å². The van der Waals surface area contributed by atoms with Crippen molar-refractivity contribution in [1.29, 1.82) is 0 Å². The lowest BCUT2D eigenvalue weighted by Crippen LogP contribution is -2.32. The summed E-state index contributed by atoms with van der Waals surface area (Å²) in [6.45, 7) is -0.128. The second kappa shape index (κ2) is 9.04. The van der Waals surface area contributed by atoms with Crippen LogP contribution in [0.4, 0.5) is 0 Å². The van der Waals surface area contributed by atoms with Crippen LogP contribution in [-0.2, 0) is 6.61 Å². The first-order chi connectivity index (χ1) is 15.1. The lowest BCUT2D eigenvalue weighted by atomic mass is 10.1. The molecule has 7 nitrogen and oxygen atoms in total. The lowest BCUT2D eigenvalue weighted by molar-refractivity contribution is 0.0897. The van der Waals surface area contributed by atoms with E-state index < -0.39 is 11.5 Å². The SMILES string of the molecule is O=C(CNC(=O)c1nc2ccccn2c(=O)c1OCc1ccccc1)c1ccccc1. The monoisotopic (exact) mass is 413 g/mol. The molecular weight excluding hydrogens is 394 g/mol. The van der Waals surface area contributed by atoms with Crippen LogP contribution in [0.15, 0.2) is 89.9 Å². The number of ether oxygens (including phenoxy) is 1. The Balaban J connectivity index is 1.62. The van der Waals surface area contributed by atoms with Gasteiger partial charge >= 0.3 is 5.56 Å². The topological polar surface area (TPSA) is 89.8 Å². The number of carbonyl (C=O) groups is 2. The van der Waals surface area contributed by atoms with E-state index in [4.69, 9.17) is 4.74 Å². The van der Waals surface area contributed by atoms with Crippen molar-refractivity contribution in [3.8, 4) is 5.75 Å². The van der Waals surface area contributed by atoms with Gasteiger partial charge < -0.3 is 10.1 Å². The Morgan fingerprint density at radius 1 is 0.903 bits per heavy atom. The Bertz CT molecular complexity index is 1280. The highest BCUT2D eigenvalue weighted by atomic mass is 16.5. The molecule has 0 radical (unpaired) electrons. The molecule has 0 spiro atoms. The summed E-state index contributed by atoms with van der Waals surface area (Å²) in [6.07, 6.45) is 1.56. The van der Waals surface area contributed by atoms with Gasteiger partial charge in [0.1, 0.15) is 12.3 Å². The predicted molar refractivity (Wildman–Crippen MR) is 115 cm³/mol. The van der Waals surface area contributed by atoms with E-state index in [0.29, 0.717) is 11.2 Å². The molecule has 0 aliphatic rings. The molecule has 0 aliphatic carbocycles. The fraction of sp³-hybridized carbons (Fsp3) is 0.0833. The van der Waals surface area contributed by atoms with E-state index in [-0.39, 0.29) is 30.4 Å². The van der Waals surface area contributed by atoms with Gasteiger partial charge in [0.15, 0.2) is 11.5 Å². The van der Waals surface area contributed by atoms with Crippen LogP contribution in [0.25, 0.3) is 5.65 Å². The fourth-order valence-electron chi connectivity index (χ4n) is 3.06. The molecule has 1 N–H and O–H groups in total. The number of fused-ring (bicyclic) bond motifs is 1. The summed E-state index contributed by atoms with van der Waals surface area (Å²) in [5.74, 6) is -1.08. The van der Waals surface area contributed by atoms with Crippen LogP contribution in [0.5, 0.6) is 5.75 Å². The highest BCUT2D eigenvalue weighted by Gasteiger charge is 2.21. The van der Waals surface area contributed by atoms with Gasteiger partial charge in [0, 0.05) is 11.8 Å². The molecule has 0 unspecified atom stereocenters. The molecular formula is C24H19N3O4. The van der Waals surface area contributed by atoms with Crippen LogP contribution in [0.3, 0.4) is 0 Å². The molecule has 0 saturated carbocycles. The predicted octanol–water partition coefficient (Wildman–Crippen LogP) is 2.89. The smallest absolute Gasteiger partial charge is 0.301 e. The molecule has 2 aromatic heterocycles. The largest absolute Gasteiger partial charge is 0.481 e.